The Kier molecular flexibility index (Phi) is 22.9. The van der Waals surface area contributed by atoms with Gasteiger partial charge in [0, 0.05) is 18.5 Å². The van der Waals surface area contributed by atoms with E-state index in [9.17, 15) is 48.3 Å². The monoisotopic (exact) mass is 1150 g/mol. The summed E-state index contributed by atoms with van der Waals surface area (Å²) in [6.07, 6.45) is 2.94. The predicted octanol–water partition coefficient (Wildman–Crippen LogP) is 4.53. The molecule has 0 radical (unpaired) electrons. The van der Waals surface area contributed by atoms with Gasteiger partial charge < -0.3 is 72.2 Å². The van der Waals surface area contributed by atoms with E-state index in [2.05, 4.69) is 75.4 Å². The van der Waals surface area contributed by atoms with Gasteiger partial charge in [-0.1, -0.05) is 63.6 Å². The van der Waals surface area contributed by atoms with Gasteiger partial charge >= 0.3 is 25.3 Å². The average Bonchev–Trinajstić information content (AvgIpc) is 1.64. The molecule has 6 rings (SSSR count). The molecule has 2 bridgehead atoms. The lowest BCUT2D eigenvalue weighted by Crippen LogP contribution is -2.65. The smallest absolute Gasteiger partial charge is 0.480 e. The number of carboxylic acids is 1. The lowest BCUT2D eigenvalue weighted by atomic mass is 9.43. The predicted molar refractivity (Wildman–Crippen MR) is 306 cm³/mol. The summed E-state index contributed by atoms with van der Waals surface area (Å²) >= 11 is 0. The molecule has 0 aromatic heterocycles. The van der Waals surface area contributed by atoms with Gasteiger partial charge in [-0.05, 0) is 160 Å². The molecule has 24 heteroatoms. The van der Waals surface area contributed by atoms with Crippen LogP contribution in [0.4, 0.5) is 9.59 Å². The van der Waals surface area contributed by atoms with Gasteiger partial charge in [0.25, 0.3) is 5.91 Å². The topological polar surface area (TPSA) is 333 Å². The van der Waals surface area contributed by atoms with Crippen molar-refractivity contribution in [3.05, 3.63) is 59.7 Å². The van der Waals surface area contributed by atoms with Crippen molar-refractivity contribution in [3.63, 3.8) is 0 Å². The summed E-state index contributed by atoms with van der Waals surface area (Å²) in [5, 5.41) is 30.0. The van der Waals surface area contributed by atoms with Crippen molar-refractivity contribution < 1.29 is 67.0 Å². The molecule has 11 N–H and O–H groups in total. The second-order valence-corrected chi connectivity index (χ2v) is 24.6. The molecule has 3 saturated carbocycles. The highest BCUT2D eigenvalue weighted by Gasteiger charge is 2.68. The lowest BCUT2D eigenvalue weighted by molar-refractivity contribution is -0.199. The molecular formula is C58H88BN9O14. The highest BCUT2D eigenvalue weighted by atomic mass is 16.7. The van der Waals surface area contributed by atoms with Gasteiger partial charge in [0.15, 0.2) is 0 Å². The van der Waals surface area contributed by atoms with E-state index in [1.165, 1.54) is 19.4 Å². The molecule has 452 valence electrons. The first-order valence-corrected chi connectivity index (χ1v) is 28.6. The van der Waals surface area contributed by atoms with Crippen molar-refractivity contribution >= 4 is 60.7 Å². The van der Waals surface area contributed by atoms with Gasteiger partial charge in [-0.25, -0.2) is 9.59 Å². The second kappa shape index (κ2) is 28.5. The minimum absolute atomic E-state index is 0.0499. The Hall–Kier alpha value is -6.79. The molecular weight excluding hydrogens is 1060 g/mol. The number of nitrogens with two attached hydrogens (primary N) is 1. The van der Waals surface area contributed by atoms with Crippen LogP contribution < -0.4 is 48.3 Å². The van der Waals surface area contributed by atoms with E-state index in [0.29, 0.717) is 18.8 Å². The first-order valence-electron chi connectivity index (χ1n) is 28.6. The van der Waals surface area contributed by atoms with Crippen LogP contribution in [-0.4, -0.2) is 138 Å². The number of nitrogens with one attached hydrogen (secondary N) is 8. The number of ether oxygens (including phenoxy) is 2. The number of hydrogen-bond acceptors (Lipinski definition) is 14. The molecule has 4 aliphatic rings. The number of alkyl carbamates (subject to hydrolysis) is 2. The van der Waals surface area contributed by atoms with Crippen LogP contribution in [0.1, 0.15) is 157 Å². The summed E-state index contributed by atoms with van der Waals surface area (Å²) in [4.78, 5) is 120. The molecule has 1 saturated heterocycles. The Morgan fingerprint density at radius 1 is 0.683 bits per heavy atom. The van der Waals surface area contributed by atoms with Crippen molar-refractivity contribution in [1.82, 2.24) is 42.5 Å². The van der Waals surface area contributed by atoms with Gasteiger partial charge in [-0.15, -0.1) is 0 Å². The van der Waals surface area contributed by atoms with Crippen LogP contribution >= 0.6 is 0 Å². The van der Waals surface area contributed by atoms with Gasteiger partial charge in [0.2, 0.25) is 29.5 Å². The Bertz CT molecular complexity index is 2590. The van der Waals surface area contributed by atoms with Crippen LogP contribution in [0.5, 0.6) is 0 Å². The third-order valence-corrected chi connectivity index (χ3v) is 15.3. The Morgan fingerprint density at radius 3 is 1.83 bits per heavy atom. The third kappa shape index (κ3) is 18.9. The Balaban J connectivity index is 1.31. The van der Waals surface area contributed by atoms with Crippen LogP contribution in [0.2, 0.25) is 0 Å². The average molecular weight is 1150 g/mol. The van der Waals surface area contributed by atoms with E-state index in [1.54, 1.807) is 65.8 Å². The summed E-state index contributed by atoms with van der Waals surface area (Å²) in [5.41, 5.74) is 7.47. The summed E-state index contributed by atoms with van der Waals surface area (Å²) < 4.78 is 23.5. The van der Waals surface area contributed by atoms with Gasteiger partial charge in [-0.3, -0.25) is 33.6 Å². The lowest BCUT2D eigenvalue weighted by Gasteiger charge is -2.64. The van der Waals surface area contributed by atoms with Crippen LogP contribution in [0.15, 0.2) is 48.5 Å². The number of amides is 8. The van der Waals surface area contributed by atoms with Gasteiger partial charge in [0.1, 0.15) is 47.5 Å². The zero-order valence-electron chi connectivity index (χ0n) is 49.7. The maximum absolute atomic E-state index is 14.3. The molecule has 0 unspecified atom stereocenters. The number of carboxylic acid groups (broad SMARTS) is 1. The van der Waals surface area contributed by atoms with Crippen molar-refractivity contribution in [2.24, 2.45) is 23.0 Å². The largest absolute Gasteiger partial charge is 0.497 e. The van der Waals surface area contributed by atoms with Crippen molar-refractivity contribution in [1.29, 1.82) is 0 Å². The van der Waals surface area contributed by atoms with Crippen molar-refractivity contribution in [2.45, 2.75) is 206 Å². The molecule has 2 aromatic carbocycles. The molecule has 0 spiro atoms. The minimum atomic E-state index is -1.61. The number of rotatable bonds is 27. The van der Waals surface area contributed by atoms with E-state index >= 15 is 0 Å². The number of carbonyl (C=O) groups is 9. The molecule has 82 heavy (non-hydrogen) atoms. The van der Waals surface area contributed by atoms with Gasteiger partial charge in [-0.2, -0.15) is 0 Å². The normalized spacial score (nSPS) is 21.0. The van der Waals surface area contributed by atoms with Crippen molar-refractivity contribution in [3.8, 4) is 11.1 Å². The number of aryl methyl sites for hydroxylation is 1. The van der Waals surface area contributed by atoms with Crippen molar-refractivity contribution in [2.75, 3.05) is 13.1 Å². The molecule has 10 atom stereocenters. The quantitative estimate of drug-likeness (QED) is 0.0334. The maximum atomic E-state index is 14.3. The standard InChI is InChI=1S/C58H88BN9O14/c1-13-14-17-35-19-21-36(22-20-35)37-23-25-38(26-24-37)47(71)67-42(32-62-54(78)80-56(7,8)9)50(74)66-41(27-28-45(69)63-34(3)51(75)76)48(72)64-33(2)46(70)65-40(18-15-16-29-61-53(77)79-55(4,5)6)49(73)68-52(60)59-81-44-31-39-30-43(57(39,10)11)58(44,12)82-59/h19-26,33-34,39-44,52H,13-18,27-32,60H2,1-12H3,(H,61,77)(H,62,78)(H,63,69)(H,64,72)(H,65,70)(H,66,74)(H,67,71)(H,68,73)(H,75,76)/t33-,34+,39-,40-,41-,42-,43-,44+,52+,58-/m0/s1. The summed E-state index contributed by atoms with van der Waals surface area (Å²) in [5.74, 6) is -5.60. The van der Waals surface area contributed by atoms with Gasteiger partial charge in [0.05, 0.1) is 18.2 Å². The fourth-order valence-electron chi connectivity index (χ4n) is 10.5. The van der Waals surface area contributed by atoms with Crippen LogP contribution in [0, 0.1) is 17.3 Å². The highest BCUT2D eigenvalue weighted by molar-refractivity contribution is 6.47. The second-order valence-electron chi connectivity index (χ2n) is 24.6. The molecule has 1 heterocycles. The number of carbonyl (C=O) groups excluding carboxylic acids is 8. The van der Waals surface area contributed by atoms with E-state index < -0.39 is 133 Å². The molecule has 23 nitrogen and oxygen atoms in total. The van der Waals surface area contributed by atoms with E-state index in [-0.39, 0.29) is 36.0 Å². The molecule has 3 aliphatic carbocycles. The summed E-state index contributed by atoms with van der Waals surface area (Å²) in [6, 6.07) is 6.54. The summed E-state index contributed by atoms with van der Waals surface area (Å²) in [6.45, 7) is 20.9. The molecule has 1 aliphatic heterocycles. The first kappa shape index (κ1) is 66.0. The maximum Gasteiger partial charge on any atom is 0.497 e. The summed E-state index contributed by atoms with van der Waals surface area (Å²) in [7, 11) is -0.986. The number of unbranched alkanes of at least 4 members (excludes halogenated alkanes) is 2. The zero-order valence-corrected chi connectivity index (χ0v) is 49.7. The number of benzene rings is 2. The molecule has 8 amide bonds. The van der Waals surface area contributed by atoms with Crippen LogP contribution in [0.25, 0.3) is 11.1 Å². The Labute approximate surface area is 482 Å². The van der Waals surface area contributed by atoms with Crippen LogP contribution in [-0.2, 0) is 54.0 Å². The fourth-order valence-corrected chi connectivity index (χ4v) is 10.5. The number of aliphatic carboxylic acids is 1. The third-order valence-electron chi connectivity index (χ3n) is 15.3. The molecule has 4 fully saturated rings. The van der Waals surface area contributed by atoms with Crippen LogP contribution in [0.3, 0.4) is 0 Å². The molecule has 2 aromatic rings. The van der Waals surface area contributed by atoms with E-state index in [4.69, 9.17) is 24.5 Å². The fraction of sp³-hybridized carbons (Fsp3) is 0.638. The number of hydrogen-bond donors (Lipinski definition) is 10. The SMILES string of the molecule is CCCCc1ccc(-c2ccc(C(=O)N[C@@H](CNC(=O)OC(C)(C)C)C(=O)N[C@@H](CCC(=O)N[C@H](C)C(=O)O)C(=O)N[C@@H](C)C(=O)N[C@@H](CCCCNC(=O)OC(C)(C)C)C(=O)N[C@@H](N)B3O[C@@H]4C[C@@H]5C[C@@H](C5(C)C)[C@]4(C)O3)cc2)cc1. The zero-order chi connectivity index (χ0) is 60.9. The minimum Gasteiger partial charge on any atom is -0.480 e. The first-order chi connectivity index (χ1) is 38.3. The highest BCUT2D eigenvalue weighted by Crippen LogP contribution is 2.65. The Morgan fingerprint density at radius 2 is 1.24 bits per heavy atom. The van der Waals surface area contributed by atoms with E-state index in [0.717, 1.165) is 43.2 Å². The van der Waals surface area contributed by atoms with E-state index in [1.807, 2.05) is 19.1 Å².